The van der Waals surface area contributed by atoms with Gasteiger partial charge in [-0.3, -0.25) is 4.72 Å². The van der Waals surface area contributed by atoms with Crippen molar-refractivity contribution in [2.24, 2.45) is 0 Å². The molecule has 0 spiro atoms. The van der Waals surface area contributed by atoms with E-state index in [1.165, 1.54) is 18.2 Å². The smallest absolute Gasteiger partial charge is 0.261 e. The minimum absolute atomic E-state index is 0.0145. The monoisotopic (exact) mass is 306 g/mol. The Hall–Kier alpha value is -2.21. The molecule has 0 fully saturated rings. The van der Waals surface area contributed by atoms with E-state index in [1.54, 1.807) is 24.3 Å². The maximum atomic E-state index is 12.3. The summed E-state index contributed by atoms with van der Waals surface area (Å²) in [4.78, 5) is 0.176. The summed E-state index contributed by atoms with van der Waals surface area (Å²) in [6.45, 7) is 2.07. The molecule has 4 N–H and O–H groups in total. The van der Waals surface area contributed by atoms with Crippen LogP contribution in [0.3, 0.4) is 0 Å². The molecule has 2 rings (SSSR count). The highest BCUT2D eigenvalue weighted by atomic mass is 32.2. The maximum Gasteiger partial charge on any atom is 0.261 e. The molecule has 0 aromatic heterocycles. The van der Waals surface area contributed by atoms with Gasteiger partial charge in [0.2, 0.25) is 0 Å². The van der Waals surface area contributed by atoms with Gasteiger partial charge in [0.25, 0.3) is 10.0 Å². The molecule has 0 atom stereocenters. The second kappa shape index (κ2) is 6.05. The van der Waals surface area contributed by atoms with E-state index in [2.05, 4.69) is 11.6 Å². The molecule has 0 saturated carbocycles. The normalized spacial score (nSPS) is 11.3. The van der Waals surface area contributed by atoms with Crippen molar-refractivity contribution in [1.82, 2.24) is 0 Å². The molecule has 2 aromatic carbocycles. The number of nitrogens with two attached hydrogens (primary N) is 1. The highest BCUT2D eigenvalue weighted by Gasteiger charge is 2.15. The molecule has 0 bridgehead atoms. The van der Waals surface area contributed by atoms with Gasteiger partial charge in [0.05, 0.1) is 16.3 Å². The number of nitrogen functional groups attached to an aromatic ring is 1. The summed E-state index contributed by atoms with van der Waals surface area (Å²) in [6.07, 6.45) is 1.92. The Morgan fingerprint density at radius 2 is 1.81 bits per heavy atom. The summed E-state index contributed by atoms with van der Waals surface area (Å²) in [5.41, 5.74) is 7.19. The molecule has 0 aliphatic rings. The third-order valence-electron chi connectivity index (χ3n) is 3.05. The van der Waals surface area contributed by atoms with Crippen LogP contribution in [0.4, 0.5) is 11.4 Å². The standard InChI is InChI=1S/C15H18N2O3S/c1-2-3-11-4-7-13(8-5-11)21(19,20)17-15-9-6-12(18)10-14(15)16/h4-10,17-18H,2-3,16H2,1H3. The number of aromatic hydroxyl groups is 1. The first-order chi connectivity index (χ1) is 9.92. The van der Waals surface area contributed by atoms with E-state index in [1.807, 2.05) is 0 Å². The molecule has 0 unspecified atom stereocenters. The van der Waals surface area contributed by atoms with E-state index in [9.17, 15) is 13.5 Å². The van der Waals surface area contributed by atoms with Gasteiger partial charge < -0.3 is 10.8 Å². The van der Waals surface area contributed by atoms with E-state index >= 15 is 0 Å². The molecule has 0 radical (unpaired) electrons. The number of hydrogen-bond donors (Lipinski definition) is 3. The lowest BCUT2D eigenvalue weighted by atomic mass is 10.1. The molecule has 0 aliphatic carbocycles. The first-order valence-electron chi connectivity index (χ1n) is 6.62. The number of rotatable bonds is 5. The average molecular weight is 306 g/mol. The van der Waals surface area contributed by atoms with Gasteiger partial charge in [-0.1, -0.05) is 25.5 Å². The van der Waals surface area contributed by atoms with Crippen LogP contribution in [0, 0.1) is 0 Å². The van der Waals surface area contributed by atoms with Crippen molar-refractivity contribution >= 4 is 21.4 Å². The summed E-state index contributed by atoms with van der Waals surface area (Å²) in [5.74, 6) is -0.0145. The minimum atomic E-state index is -3.69. The number of phenolic OH excluding ortho intramolecular Hbond substituents is 1. The Kier molecular flexibility index (Phi) is 4.37. The number of hydrogen-bond acceptors (Lipinski definition) is 4. The van der Waals surface area contributed by atoms with Gasteiger partial charge in [0, 0.05) is 6.07 Å². The van der Waals surface area contributed by atoms with E-state index < -0.39 is 10.0 Å². The Morgan fingerprint density at radius 3 is 2.38 bits per heavy atom. The molecule has 5 nitrogen and oxygen atoms in total. The van der Waals surface area contributed by atoms with E-state index in [4.69, 9.17) is 5.73 Å². The maximum absolute atomic E-state index is 12.3. The van der Waals surface area contributed by atoms with Gasteiger partial charge in [0.1, 0.15) is 5.75 Å². The molecular weight excluding hydrogens is 288 g/mol. The van der Waals surface area contributed by atoms with Crippen LogP contribution in [-0.4, -0.2) is 13.5 Å². The van der Waals surface area contributed by atoms with Crippen LogP contribution >= 0.6 is 0 Å². The lowest BCUT2D eigenvalue weighted by molar-refractivity contribution is 0.475. The number of anilines is 2. The summed E-state index contributed by atoms with van der Waals surface area (Å²) >= 11 is 0. The van der Waals surface area contributed by atoms with E-state index in [-0.39, 0.29) is 22.0 Å². The second-order valence-electron chi connectivity index (χ2n) is 4.77. The molecule has 2 aromatic rings. The fourth-order valence-corrected chi connectivity index (χ4v) is 3.06. The minimum Gasteiger partial charge on any atom is -0.508 e. The van der Waals surface area contributed by atoms with Crippen LogP contribution in [0.25, 0.3) is 0 Å². The van der Waals surface area contributed by atoms with Gasteiger partial charge >= 0.3 is 0 Å². The summed E-state index contributed by atoms with van der Waals surface area (Å²) in [6, 6.07) is 10.8. The molecule has 0 heterocycles. The van der Waals surface area contributed by atoms with Gasteiger partial charge in [-0.05, 0) is 36.2 Å². The lowest BCUT2D eigenvalue weighted by Crippen LogP contribution is -2.14. The van der Waals surface area contributed by atoms with Crippen molar-refractivity contribution in [3.05, 3.63) is 48.0 Å². The Labute approximate surface area is 124 Å². The van der Waals surface area contributed by atoms with Crippen LogP contribution in [0.15, 0.2) is 47.4 Å². The predicted octanol–water partition coefficient (Wildman–Crippen LogP) is 2.73. The van der Waals surface area contributed by atoms with Crippen molar-refractivity contribution in [3.8, 4) is 5.75 Å². The first-order valence-corrected chi connectivity index (χ1v) is 8.11. The molecule has 0 aliphatic heterocycles. The predicted molar refractivity (Wildman–Crippen MR) is 83.8 cm³/mol. The van der Waals surface area contributed by atoms with Gasteiger partial charge in [-0.2, -0.15) is 0 Å². The van der Waals surface area contributed by atoms with E-state index in [0.717, 1.165) is 18.4 Å². The van der Waals surface area contributed by atoms with Crippen LogP contribution in [-0.2, 0) is 16.4 Å². The molecule has 21 heavy (non-hydrogen) atoms. The van der Waals surface area contributed by atoms with E-state index in [0.29, 0.717) is 0 Å². The van der Waals surface area contributed by atoms with Crippen molar-refractivity contribution in [3.63, 3.8) is 0 Å². The number of sulfonamides is 1. The zero-order valence-electron chi connectivity index (χ0n) is 11.7. The lowest BCUT2D eigenvalue weighted by Gasteiger charge is -2.11. The Morgan fingerprint density at radius 1 is 1.14 bits per heavy atom. The third-order valence-corrected chi connectivity index (χ3v) is 4.43. The largest absolute Gasteiger partial charge is 0.508 e. The van der Waals surface area contributed by atoms with Crippen LogP contribution < -0.4 is 10.5 Å². The van der Waals surface area contributed by atoms with Crippen LogP contribution in [0.5, 0.6) is 5.75 Å². The number of nitrogens with one attached hydrogen (secondary N) is 1. The van der Waals surface area contributed by atoms with Crippen molar-refractivity contribution < 1.29 is 13.5 Å². The van der Waals surface area contributed by atoms with Crippen molar-refractivity contribution in [2.45, 2.75) is 24.7 Å². The second-order valence-corrected chi connectivity index (χ2v) is 6.45. The Balaban J connectivity index is 2.25. The summed E-state index contributed by atoms with van der Waals surface area (Å²) in [7, 11) is -3.69. The quantitative estimate of drug-likeness (QED) is 0.585. The first kappa shape index (κ1) is 15.2. The van der Waals surface area contributed by atoms with Crippen molar-refractivity contribution in [1.29, 1.82) is 0 Å². The highest BCUT2D eigenvalue weighted by Crippen LogP contribution is 2.26. The molecule has 6 heteroatoms. The SMILES string of the molecule is CCCc1ccc(S(=O)(=O)Nc2ccc(O)cc2N)cc1. The summed E-state index contributed by atoms with van der Waals surface area (Å²) < 4.78 is 27.0. The zero-order chi connectivity index (χ0) is 15.5. The van der Waals surface area contributed by atoms with Crippen molar-refractivity contribution in [2.75, 3.05) is 10.5 Å². The molecular formula is C15H18N2O3S. The summed E-state index contributed by atoms with van der Waals surface area (Å²) in [5, 5.41) is 9.28. The van der Waals surface area contributed by atoms with Gasteiger partial charge in [-0.15, -0.1) is 0 Å². The Bertz CT molecular complexity index is 725. The van der Waals surface area contributed by atoms with Gasteiger partial charge in [0.15, 0.2) is 0 Å². The number of phenols is 1. The fourth-order valence-electron chi connectivity index (χ4n) is 1.97. The zero-order valence-corrected chi connectivity index (χ0v) is 12.5. The molecule has 0 saturated heterocycles. The van der Waals surface area contributed by atoms with Gasteiger partial charge in [-0.25, -0.2) is 8.42 Å². The average Bonchev–Trinajstić information content (AvgIpc) is 2.43. The number of benzene rings is 2. The molecule has 0 amide bonds. The van der Waals surface area contributed by atoms with Crippen LogP contribution in [0.2, 0.25) is 0 Å². The number of aryl methyl sites for hydroxylation is 1. The highest BCUT2D eigenvalue weighted by molar-refractivity contribution is 7.92. The fraction of sp³-hybridized carbons (Fsp3) is 0.200. The third kappa shape index (κ3) is 3.66. The molecule has 112 valence electrons. The van der Waals surface area contributed by atoms with Crippen LogP contribution in [0.1, 0.15) is 18.9 Å². The topological polar surface area (TPSA) is 92.4 Å².